The molecule has 0 bridgehead atoms. The van der Waals surface area contributed by atoms with Crippen molar-refractivity contribution in [1.29, 1.82) is 0 Å². The molecule has 1 saturated carbocycles. The molecule has 94 valence electrons. The Morgan fingerprint density at radius 1 is 1.47 bits per heavy atom. The normalized spacial score (nSPS) is 22.6. The highest BCUT2D eigenvalue weighted by atomic mass is 16.5. The maximum Gasteiger partial charge on any atom is 0.128 e. The number of nitrogens with zero attached hydrogens (tertiary/aromatic N) is 1. The van der Waals surface area contributed by atoms with Gasteiger partial charge in [0.1, 0.15) is 5.75 Å². The lowest BCUT2D eigenvalue weighted by atomic mass is 10.1. The fourth-order valence-corrected chi connectivity index (χ4v) is 2.43. The molecule has 2 atom stereocenters. The topological polar surface area (TPSA) is 34.2 Å². The fraction of sp³-hybridized carbons (Fsp3) is 0.643. The molecule has 0 aromatic carbocycles. The zero-order chi connectivity index (χ0) is 12.4. The first-order valence-corrected chi connectivity index (χ1v) is 6.39. The van der Waals surface area contributed by atoms with Crippen molar-refractivity contribution in [3.63, 3.8) is 0 Å². The molecule has 0 radical (unpaired) electrons. The number of nitrogens with one attached hydrogen (secondary N) is 1. The van der Waals surface area contributed by atoms with Gasteiger partial charge in [-0.05, 0) is 26.2 Å². The average molecular weight is 234 g/mol. The predicted molar refractivity (Wildman–Crippen MR) is 69.3 cm³/mol. The molecule has 1 N–H and O–H groups in total. The van der Waals surface area contributed by atoms with Crippen LogP contribution in [-0.2, 0) is 6.54 Å². The van der Waals surface area contributed by atoms with Gasteiger partial charge in [0.05, 0.1) is 12.8 Å². The molecule has 0 saturated heterocycles. The van der Waals surface area contributed by atoms with E-state index in [0.29, 0.717) is 6.04 Å². The van der Waals surface area contributed by atoms with Gasteiger partial charge in [0.25, 0.3) is 0 Å². The molecule has 1 aliphatic rings. The van der Waals surface area contributed by atoms with Gasteiger partial charge in [-0.25, -0.2) is 0 Å². The molecule has 0 aliphatic heterocycles. The number of rotatable bonds is 5. The molecule has 1 aromatic heterocycles. The zero-order valence-electron chi connectivity index (χ0n) is 11.2. The van der Waals surface area contributed by atoms with Crippen molar-refractivity contribution in [2.24, 2.45) is 5.92 Å². The molecular formula is C14H22N2O. The van der Waals surface area contributed by atoms with Crippen molar-refractivity contribution in [3.8, 4) is 5.75 Å². The van der Waals surface area contributed by atoms with Crippen molar-refractivity contribution in [2.75, 3.05) is 7.11 Å². The SMILES string of the molecule is CCC1CC1NCc1ncc(C)c(OC)c1C. The third-order valence-corrected chi connectivity index (χ3v) is 3.73. The number of hydrogen-bond acceptors (Lipinski definition) is 3. The maximum absolute atomic E-state index is 5.41. The van der Waals surface area contributed by atoms with E-state index < -0.39 is 0 Å². The van der Waals surface area contributed by atoms with Crippen LogP contribution in [0.1, 0.15) is 36.6 Å². The minimum atomic E-state index is 0.702. The Kier molecular flexibility index (Phi) is 3.67. The number of ether oxygens (including phenoxy) is 1. The minimum absolute atomic E-state index is 0.702. The molecule has 1 heterocycles. The van der Waals surface area contributed by atoms with Crippen LogP contribution >= 0.6 is 0 Å². The van der Waals surface area contributed by atoms with E-state index in [2.05, 4.69) is 24.1 Å². The van der Waals surface area contributed by atoms with Crippen LogP contribution in [0.4, 0.5) is 0 Å². The summed E-state index contributed by atoms with van der Waals surface area (Å²) >= 11 is 0. The molecule has 17 heavy (non-hydrogen) atoms. The Bertz CT molecular complexity index is 403. The van der Waals surface area contributed by atoms with Crippen LogP contribution in [0.3, 0.4) is 0 Å². The second-order valence-electron chi connectivity index (χ2n) is 4.94. The van der Waals surface area contributed by atoms with Crippen LogP contribution in [0.2, 0.25) is 0 Å². The van der Waals surface area contributed by atoms with Crippen LogP contribution in [0, 0.1) is 19.8 Å². The van der Waals surface area contributed by atoms with Crippen LogP contribution in [0.25, 0.3) is 0 Å². The summed E-state index contributed by atoms with van der Waals surface area (Å²) in [6.45, 7) is 7.22. The molecule has 3 heteroatoms. The van der Waals surface area contributed by atoms with Gasteiger partial charge in [0.15, 0.2) is 0 Å². The molecular weight excluding hydrogens is 212 g/mol. The lowest BCUT2D eigenvalue weighted by Crippen LogP contribution is -2.19. The fourth-order valence-electron chi connectivity index (χ4n) is 2.43. The van der Waals surface area contributed by atoms with Gasteiger partial charge in [-0.2, -0.15) is 0 Å². The number of aromatic nitrogens is 1. The summed E-state index contributed by atoms with van der Waals surface area (Å²) < 4.78 is 5.41. The van der Waals surface area contributed by atoms with Gasteiger partial charge < -0.3 is 10.1 Å². The Hall–Kier alpha value is -1.09. The second kappa shape index (κ2) is 5.05. The largest absolute Gasteiger partial charge is 0.496 e. The molecule has 0 spiro atoms. The molecule has 0 amide bonds. The summed E-state index contributed by atoms with van der Waals surface area (Å²) in [4.78, 5) is 4.49. The van der Waals surface area contributed by atoms with E-state index >= 15 is 0 Å². The molecule has 2 unspecified atom stereocenters. The smallest absolute Gasteiger partial charge is 0.128 e. The number of aryl methyl sites for hydroxylation is 1. The number of hydrogen-bond donors (Lipinski definition) is 1. The summed E-state index contributed by atoms with van der Waals surface area (Å²) in [5, 5.41) is 3.57. The summed E-state index contributed by atoms with van der Waals surface area (Å²) in [6.07, 6.45) is 4.49. The minimum Gasteiger partial charge on any atom is -0.496 e. The van der Waals surface area contributed by atoms with E-state index in [0.717, 1.165) is 35.0 Å². The van der Waals surface area contributed by atoms with Crippen molar-refractivity contribution >= 4 is 0 Å². The highest BCUT2D eigenvalue weighted by Gasteiger charge is 2.34. The summed E-state index contributed by atoms with van der Waals surface area (Å²) in [6, 6.07) is 0.702. The Morgan fingerprint density at radius 2 is 2.24 bits per heavy atom. The van der Waals surface area contributed by atoms with Gasteiger partial charge in [0, 0.05) is 29.9 Å². The first-order valence-electron chi connectivity index (χ1n) is 6.39. The maximum atomic E-state index is 5.41. The Labute approximate surface area is 104 Å². The van der Waals surface area contributed by atoms with Crippen LogP contribution in [0.15, 0.2) is 6.20 Å². The lowest BCUT2D eigenvalue weighted by Gasteiger charge is -2.12. The van der Waals surface area contributed by atoms with Crippen LogP contribution in [0.5, 0.6) is 5.75 Å². The van der Waals surface area contributed by atoms with Crippen molar-refractivity contribution in [1.82, 2.24) is 10.3 Å². The third-order valence-electron chi connectivity index (χ3n) is 3.73. The van der Waals surface area contributed by atoms with E-state index in [9.17, 15) is 0 Å². The van der Waals surface area contributed by atoms with E-state index in [-0.39, 0.29) is 0 Å². The average Bonchev–Trinajstić information content (AvgIpc) is 3.07. The molecule has 2 rings (SSSR count). The van der Waals surface area contributed by atoms with Crippen molar-refractivity contribution < 1.29 is 4.74 Å². The van der Waals surface area contributed by atoms with E-state index in [1.165, 1.54) is 12.8 Å². The van der Waals surface area contributed by atoms with E-state index in [1.54, 1.807) is 7.11 Å². The van der Waals surface area contributed by atoms with Crippen LogP contribution in [-0.4, -0.2) is 18.1 Å². The second-order valence-corrected chi connectivity index (χ2v) is 4.94. The van der Waals surface area contributed by atoms with Gasteiger partial charge in [-0.15, -0.1) is 0 Å². The predicted octanol–water partition coefficient (Wildman–Crippen LogP) is 2.60. The van der Waals surface area contributed by atoms with Gasteiger partial charge >= 0.3 is 0 Å². The van der Waals surface area contributed by atoms with Crippen molar-refractivity contribution in [3.05, 3.63) is 23.0 Å². The lowest BCUT2D eigenvalue weighted by molar-refractivity contribution is 0.406. The van der Waals surface area contributed by atoms with E-state index in [1.807, 2.05) is 13.1 Å². The first-order chi connectivity index (χ1) is 8.17. The quantitative estimate of drug-likeness (QED) is 0.850. The first kappa shape index (κ1) is 12.4. The van der Waals surface area contributed by atoms with Gasteiger partial charge in [-0.3, -0.25) is 4.98 Å². The van der Waals surface area contributed by atoms with Crippen LogP contribution < -0.4 is 10.1 Å². The number of methoxy groups -OCH3 is 1. The highest BCUT2D eigenvalue weighted by molar-refractivity contribution is 5.41. The monoisotopic (exact) mass is 234 g/mol. The Morgan fingerprint density at radius 3 is 2.82 bits per heavy atom. The van der Waals surface area contributed by atoms with Crippen molar-refractivity contribution in [2.45, 2.75) is 46.2 Å². The summed E-state index contributed by atoms with van der Waals surface area (Å²) in [7, 11) is 1.72. The van der Waals surface area contributed by atoms with Gasteiger partial charge in [-0.1, -0.05) is 13.3 Å². The molecule has 3 nitrogen and oxygen atoms in total. The summed E-state index contributed by atoms with van der Waals surface area (Å²) in [5.41, 5.74) is 3.37. The van der Waals surface area contributed by atoms with Gasteiger partial charge in [0.2, 0.25) is 0 Å². The molecule has 1 aliphatic carbocycles. The number of pyridine rings is 1. The molecule has 1 fully saturated rings. The standard InChI is InChI=1S/C14H22N2O/c1-5-11-6-12(11)16-8-13-10(3)14(17-4)9(2)7-15-13/h7,11-12,16H,5-6,8H2,1-4H3. The highest BCUT2D eigenvalue weighted by Crippen LogP contribution is 2.33. The van der Waals surface area contributed by atoms with E-state index in [4.69, 9.17) is 4.74 Å². The third kappa shape index (κ3) is 2.60. The molecule has 1 aromatic rings. The Balaban J connectivity index is 2.01. The zero-order valence-corrected chi connectivity index (χ0v) is 11.2. The summed E-state index contributed by atoms with van der Waals surface area (Å²) in [5.74, 6) is 1.85.